The van der Waals surface area contributed by atoms with Crippen molar-refractivity contribution in [1.29, 1.82) is 0 Å². The molecule has 17 heavy (non-hydrogen) atoms. The lowest BCUT2D eigenvalue weighted by Gasteiger charge is -2.08. The third-order valence-corrected chi connectivity index (χ3v) is 5.09. The van der Waals surface area contributed by atoms with Crippen LogP contribution in [0.3, 0.4) is 0 Å². The van der Waals surface area contributed by atoms with Gasteiger partial charge in [-0.25, -0.2) is 0 Å². The molecule has 1 unspecified atom stereocenters. The number of ether oxygens (including phenoxy) is 1. The smallest absolute Gasteiger partial charge is 0.125 e. The van der Waals surface area contributed by atoms with Gasteiger partial charge in [-0.15, -0.1) is 11.3 Å². The summed E-state index contributed by atoms with van der Waals surface area (Å²) in [6.07, 6.45) is 1.69. The molecule has 0 amide bonds. The zero-order valence-electron chi connectivity index (χ0n) is 9.67. The SMILES string of the molecule is COc1ccnc(CS(=O)c2cccs2)c1C. The highest BCUT2D eigenvalue weighted by molar-refractivity contribution is 7.86. The van der Waals surface area contributed by atoms with Gasteiger partial charge in [0.1, 0.15) is 5.75 Å². The number of methoxy groups -OCH3 is 1. The summed E-state index contributed by atoms with van der Waals surface area (Å²) in [5.41, 5.74) is 1.79. The summed E-state index contributed by atoms with van der Waals surface area (Å²) in [4.78, 5) is 4.27. The van der Waals surface area contributed by atoms with Gasteiger partial charge in [-0.2, -0.15) is 0 Å². The van der Waals surface area contributed by atoms with E-state index in [2.05, 4.69) is 4.98 Å². The lowest BCUT2D eigenvalue weighted by Crippen LogP contribution is -2.01. The van der Waals surface area contributed by atoms with Gasteiger partial charge in [0, 0.05) is 11.8 Å². The molecule has 0 saturated carbocycles. The molecule has 3 nitrogen and oxygen atoms in total. The van der Waals surface area contributed by atoms with Gasteiger partial charge in [0.05, 0.1) is 33.6 Å². The number of thiophene rings is 1. The Morgan fingerprint density at radius 2 is 2.29 bits per heavy atom. The van der Waals surface area contributed by atoms with Gasteiger partial charge in [0.15, 0.2) is 0 Å². The lowest BCUT2D eigenvalue weighted by molar-refractivity contribution is 0.410. The molecule has 0 bridgehead atoms. The number of rotatable bonds is 4. The van der Waals surface area contributed by atoms with Crippen LogP contribution in [0.2, 0.25) is 0 Å². The predicted octanol–water partition coefficient (Wildman–Crippen LogP) is 2.77. The molecule has 0 spiro atoms. The Balaban J connectivity index is 2.22. The molecule has 0 aromatic carbocycles. The molecule has 2 aromatic heterocycles. The summed E-state index contributed by atoms with van der Waals surface area (Å²) in [5, 5.41) is 1.93. The van der Waals surface area contributed by atoms with Crippen LogP contribution in [0.25, 0.3) is 0 Å². The highest BCUT2D eigenvalue weighted by Gasteiger charge is 2.11. The summed E-state index contributed by atoms with van der Waals surface area (Å²) in [6.45, 7) is 1.94. The van der Waals surface area contributed by atoms with Crippen LogP contribution < -0.4 is 4.74 Å². The van der Waals surface area contributed by atoms with Crippen LogP contribution in [-0.4, -0.2) is 16.3 Å². The third-order valence-electron chi connectivity index (χ3n) is 2.47. The van der Waals surface area contributed by atoms with Gasteiger partial charge in [0.25, 0.3) is 0 Å². The first-order valence-corrected chi connectivity index (χ1v) is 7.32. The molecule has 0 radical (unpaired) electrons. The van der Waals surface area contributed by atoms with Crippen LogP contribution in [0.4, 0.5) is 0 Å². The van der Waals surface area contributed by atoms with E-state index in [0.29, 0.717) is 5.75 Å². The van der Waals surface area contributed by atoms with Crippen LogP contribution in [0.15, 0.2) is 34.0 Å². The summed E-state index contributed by atoms with van der Waals surface area (Å²) < 4.78 is 18.2. The normalized spacial score (nSPS) is 12.4. The molecular weight excluding hydrogens is 254 g/mol. The number of hydrogen-bond acceptors (Lipinski definition) is 4. The second-order valence-corrected chi connectivity index (χ2v) is 6.13. The topological polar surface area (TPSA) is 39.2 Å². The molecule has 0 N–H and O–H groups in total. The van der Waals surface area contributed by atoms with Gasteiger partial charge in [-0.1, -0.05) is 6.07 Å². The number of aromatic nitrogens is 1. The van der Waals surface area contributed by atoms with E-state index in [0.717, 1.165) is 21.2 Å². The second kappa shape index (κ2) is 5.42. The fourth-order valence-corrected chi connectivity index (χ4v) is 3.65. The van der Waals surface area contributed by atoms with Crippen molar-refractivity contribution in [3.8, 4) is 5.75 Å². The van der Waals surface area contributed by atoms with E-state index < -0.39 is 10.8 Å². The Hall–Kier alpha value is -1.20. The summed E-state index contributed by atoms with van der Waals surface area (Å²) >= 11 is 1.51. The molecule has 90 valence electrons. The van der Waals surface area contributed by atoms with Crippen LogP contribution in [0, 0.1) is 6.92 Å². The summed E-state index contributed by atoms with van der Waals surface area (Å²) in [7, 11) is 0.604. The first-order chi connectivity index (χ1) is 8.22. The summed E-state index contributed by atoms with van der Waals surface area (Å²) in [6, 6.07) is 5.60. The van der Waals surface area contributed by atoms with Crippen molar-refractivity contribution in [2.24, 2.45) is 0 Å². The van der Waals surface area contributed by atoms with Crippen LogP contribution >= 0.6 is 11.3 Å². The Labute approximate surface area is 107 Å². The maximum absolute atomic E-state index is 12.1. The first-order valence-electron chi connectivity index (χ1n) is 5.12. The average Bonchev–Trinajstić information content (AvgIpc) is 2.85. The third kappa shape index (κ3) is 2.73. The van der Waals surface area contributed by atoms with Crippen LogP contribution in [0.5, 0.6) is 5.75 Å². The molecule has 5 heteroatoms. The number of hydrogen-bond donors (Lipinski definition) is 0. The lowest BCUT2D eigenvalue weighted by atomic mass is 10.2. The molecule has 0 aliphatic rings. The van der Waals surface area contributed by atoms with E-state index in [1.165, 1.54) is 11.3 Å². The van der Waals surface area contributed by atoms with Crippen LogP contribution in [0.1, 0.15) is 11.3 Å². The van der Waals surface area contributed by atoms with E-state index in [9.17, 15) is 4.21 Å². The van der Waals surface area contributed by atoms with Crippen molar-refractivity contribution in [3.63, 3.8) is 0 Å². The largest absolute Gasteiger partial charge is 0.496 e. The first kappa shape index (κ1) is 12.3. The fourth-order valence-electron chi connectivity index (χ4n) is 1.51. The predicted molar refractivity (Wildman–Crippen MR) is 70.0 cm³/mol. The minimum atomic E-state index is -1.02. The van der Waals surface area contributed by atoms with Crippen molar-refractivity contribution in [3.05, 3.63) is 41.0 Å². The molecule has 0 aliphatic carbocycles. The highest BCUT2D eigenvalue weighted by atomic mass is 32.2. The standard InChI is InChI=1S/C12H13NO2S2/c1-9-10(13-6-5-11(9)15-2)8-17(14)12-4-3-7-16-12/h3-7H,8H2,1-2H3. The van der Waals surface area contributed by atoms with Gasteiger partial charge >= 0.3 is 0 Å². The molecule has 2 rings (SSSR count). The molecule has 0 aliphatic heterocycles. The van der Waals surface area contributed by atoms with E-state index in [4.69, 9.17) is 4.74 Å². The number of nitrogens with zero attached hydrogens (tertiary/aromatic N) is 1. The van der Waals surface area contributed by atoms with E-state index in [-0.39, 0.29) is 0 Å². The molecule has 0 fully saturated rings. The van der Waals surface area contributed by atoms with Crippen molar-refractivity contribution < 1.29 is 8.95 Å². The molecular formula is C12H13NO2S2. The quantitative estimate of drug-likeness (QED) is 0.855. The number of pyridine rings is 1. The maximum Gasteiger partial charge on any atom is 0.125 e. The van der Waals surface area contributed by atoms with Crippen molar-refractivity contribution in [2.75, 3.05) is 7.11 Å². The van der Waals surface area contributed by atoms with E-state index >= 15 is 0 Å². The summed E-state index contributed by atoms with van der Waals surface area (Å²) in [5.74, 6) is 1.22. The van der Waals surface area contributed by atoms with E-state index in [1.54, 1.807) is 13.3 Å². The van der Waals surface area contributed by atoms with Gasteiger partial charge < -0.3 is 4.74 Å². The molecule has 0 saturated heterocycles. The molecule has 2 heterocycles. The highest BCUT2D eigenvalue weighted by Crippen LogP contribution is 2.22. The maximum atomic E-state index is 12.1. The van der Waals surface area contributed by atoms with Crippen molar-refractivity contribution >= 4 is 22.1 Å². The fraction of sp³-hybridized carbons (Fsp3) is 0.250. The van der Waals surface area contributed by atoms with Crippen LogP contribution in [-0.2, 0) is 16.6 Å². The Kier molecular flexibility index (Phi) is 3.91. The van der Waals surface area contributed by atoms with E-state index in [1.807, 2.05) is 30.5 Å². The minimum absolute atomic E-state index is 0.434. The second-order valence-electron chi connectivity index (χ2n) is 3.51. The zero-order chi connectivity index (χ0) is 12.3. The zero-order valence-corrected chi connectivity index (χ0v) is 11.3. The molecule has 1 atom stereocenters. The van der Waals surface area contributed by atoms with Gasteiger partial charge in [-0.3, -0.25) is 9.19 Å². The monoisotopic (exact) mass is 267 g/mol. The van der Waals surface area contributed by atoms with Gasteiger partial charge in [-0.05, 0) is 24.4 Å². The average molecular weight is 267 g/mol. The van der Waals surface area contributed by atoms with Gasteiger partial charge in [0.2, 0.25) is 0 Å². The minimum Gasteiger partial charge on any atom is -0.496 e. The van der Waals surface area contributed by atoms with Crippen molar-refractivity contribution in [2.45, 2.75) is 16.9 Å². The molecule has 2 aromatic rings. The Morgan fingerprint density at radius 1 is 1.47 bits per heavy atom. The van der Waals surface area contributed by atoms with Crippen molar-refractivity contribution in [1.82, 2.24) is 4.98 Å². The Bertz CT molecular complexity index is 523. The Morgan fingerprint density at radius 3 is 2.94 bits per heavy atom.